The molecule has 2 aromatic rings. The Balaban J connectivity index is 1.85. The van der Waals surface area contributed by atoms with Crippen molar-refractivity contribution in [1.29, 1.82) is 5.26 Å². The van der Waals surface area contributed by atoms with Gasteiger partial charge in [-0.15, -0.1) is 11.3 Å². The minimum absolute atomic E-state index is 0.460. The summed E-state index contributed by atoms with van der Waals surface area (Å²) in [6.45, 7) is 1.64. The monoisotopic (exact) mass is 256 g/mol. The minimum atomic E-state index is 0.460. The fourth-order valence-corrected chi connectivity index (χ4v) is 3.00. The molecule has 18 heavy (non-hydrogen) atoms. The van der Waals surface area contributed by atoms with E-state index in [1.807, 2.05) is 24.3 Å². The molecule has 1 aromatic carbocycles. The molecule has 1 aliphatic rings. The van der Waals surface area contributed by atoms with Crippen LogP contribution in [0.3, 0.4) is 0 Å². The van der Waals surface area contributed by atoms with E-state index in [2.05, 4.69) is 16.4 Å². The second-order valence-electron chi connectivity index (χ2n) is 4.32. The molecule has 3 nitrogen and oxygen atoms in total. The van der Waals surface area contributed by atoms with Crippen molar-refractivity contribution in [3.05, 3.63) is 40.2 Å². The molecule has 0 radical (unpaired) electrons. The zero-order valence-electron chi connectivity index (χ0n) is 9.80. The Morgan fingerprint density at radius 2 is 2.17 bits per heavy atom. The van der Waals surface area contributed by atoms with Crippen molar-refractivity contribution in [1.82, 2.24) is 4.98 Å². The predicted octanol–water partition coefficient (Wildman–Crippen LogP) is 3.19. The topological polar surface area (TPSA) is 45.9 Å². The van der Waals surface area contributed by atoms with Crippen molar-refractivity contribution < 1.29 is 4.74 Å². The third-order valence-corrected chi connectivity index (χ3v) is 4.12. The van der Waals surface area contributed by atoms with Crippen LogP contribution in [0.5, 0.6) is 0 Å². The maximum absolute atomic E-state index is 8.77. The zero-order chi connectivity index (χ0) is 12.4. The van der Waals surface area contributed by atoms with E-state index in [-0.39, 0.29) is 0 Å². The normalized spacial score (nSPS) is 18.7. The molecule has 0 bridgehead atoms. The van der Waals surface area contributed by atoms with Crippen LogP contribution in [0.4, 0.5) is 0 Å². The second-order valence-corrected chi connectivity index (χ2v) is 5.21. The van der Waals surface area contributed by atoms with Crippen molar-refractivity contribution in [2.24, 2.45) is 0 Å². The van der Waals surface area contributed by atoms with Gasteiger partial charge in [0.2, 0.25) is 0 Å². The van der Waals surface area contributed by atoms with Crippen LogP contribution >= 0.6 is 11.3 Å². The average Bonchev–Trinajstić information content (AvgIpc) is 3.09. The van der Waals surface area contributed by atoms with Crippen LogP contribution in [0.1, 0.15) is 22.9 Å². The van der Waals surface area contributed by atoms with E-state index >= 15 is 0 Å². The molecule has 1 saturated heterocycles. The van der Waals surface area contributed by atoms with Gasteiger partial charge in [-0.1, -0.05) is 12.1 Å². The Bertz CT molecular complexity index is 577. The van der Waals surface area contributed by atoms with Gasteiger partial charge in [-0.2, -0.15) is 5.26 Å². The fraction of sp³-hybridized carbons (Fsp3) is 0.286. The van der Waals surface area contributed by atoms with Gasteiger partial charge in [0.25, 0.3) is 0 Å². The first-order valence-corrected chi connectivity index (χ1v) is 6.78. The van der Waals surface area contributed by atoms with E-state index in [0.717, 1.165) is 35.9 Å². The van der Waals surface area contributed by atoms with Crippen molar-refractivity contribution in [2.45, 2.75) is 12.3 Å². The van der Waals surface area contributed by atoms with Gasteiger partial charge in [-0.05, 0) is 18.6 Å². The van der Waals surface area contributed by atoms with Crippen LogP contribution in [0.15, 0.2) is 29.6 Å². The number of aromatic nitrogens is 1. The van der Waals surface area contributed by atoms with Gasteiger partial charge < -0.3 is 4.74 Å². The highest BCUT2D eigenvalue weighted by atomic mass is 32.1. The van der Waals surface area contributed by atoms with E-state index in [0.29, 0.717) is 11.5 Å². The van der Waals surface area contributed by atoms with Crippen LogP contribution < -0.4 is 0 Å². The molecule has 1 aromatic heterocycles. The van der Waals surface area contributed by atoms with Crippen LogP contribution in [0, 0.1) is 11.3 Å². The van der Waals surface area contributed by atoms with Crippen molar-refractivity contribution >= 4 is 11.3 Å². The fourth-order valence-electron chi connectivity index (χ4n) is 2.05. The van der Waals surface area contributed by atoms with E-state index in [9.17, 15) is 0 Å². The number of hydrogen-bond donors (Lipinski definition) is 0. The summed E-state index contributed by atoms with van der Waals surface area (Å²) in [5, 5.41) is 12.0. The van der Waals surface area contributed by atoms with Crippen LogP contribution in [-0.2, 0) is 4.74 Å². The number of nitriles is 1. The van der Waals surface area contributed by atoms with Gasteiger partial charge in [0.1, 0.15) is 0 Å². The van der Waals surface area contributed by atoms with E-state index < -0.39 is 0 Å². The smallest absolute Gasteiger partial charge is 0.0991 e. The van der Waals surface area contributed by atoms with Crippen molar-refractivity contribution in [3.8, 4) is 17.3 Å². The van der Waals surface area contributed by atoms with E-state index in [1.54, 1.807) is 11.3 Å². The molecule has 3 rings (SSSR count). The van der Waals surface area contributed by atoms with Gasteiger partial charge in [-0.25, -0.2) is 4.98 Å². The van der Waals surface area contributed by atoms with Gasteiger partial charge in [0.05, 0.1) is 28.9 Å². The summed E-state index contributed by atoms with van der Waals surface area (Å²) in [7, 11) is 0. The Morgan fingerprint density at radius 1 is 1.33 bits per heavy atom. The highest BCUT2D eigenvalue weighted by Crippen LogP contribution is 2.31. The molecule has 2 heterocycles. The molecular weight excluding hydrogens is 244 g/mol. The molecule has 1 unspecified atom stereocenters. The summed E-state index contributed by atoms with van der Waals surface area (Å²) in [5.41, 5.74) is 2.74. The molecule has 4 heteroatoms. The Labute approximate surface area is 110 Å². The van der Waals surface area contributed by atoms with Crippen LogP contribution in [0.2, 0.25) is 0 Å². The number of thiazole rings is 1. The maximum Gasteiger partial charge on any atom is 0.0991 e. The molecule has 0 aliphatic carbocycles. The molecule has 0 spiro atoms. The summed E-state index contributed by atoms with van der Waals surface area (Å²) in [4.78, 5) is 4.67. The lowest BCUT2D eigenvalue weighted by Gasteiger charge is -2.01. The van der Waals surface area contributed by atoms with Crippen LogP contribution in [0.25, 0.3) is 11.3 Å². The summed E-state index contributed by atoms with van der Waals surface area (Å²) in [6, 6.07) is 9.67. The first-order chi connectivity index (χ1) is 8.86. The number of hydrogen-bond acceptors (Lipinski definition) is 4. The molecule has 0 N–H and O–H groups in total. The largest absolute Gasteiger partial charge is 0.381 e. The van der Waals surface area contributed by atoms with Gasteiger partial charge in [0, 0.05) is 23.5 Å². The third kappa shape index (κ3) is 2.15. The van der Waals surface area contributed by atoms with Crippen molar-refractivity contribution in [2.75, 3.05) is 13.2 Å². The Hall–Kier alpha value is -1.70. The molecule has 1 aliphatic heterocycles. The quantitative estimate of drug-likeness (QED) is 0.829. The van der Waals surface area contributed by atoms with Gasteiger partial charge in [0.15, 0.2) is 0 Å². The van der Waals surface area contributed by atoms with Crippen LogP contribution in [-0.4, -0.2) is 18.2 Å². The number of rotatable bonds is 2. The lowest BCUT2D eigenvalue weighted by atomic mass is 10.1. The van der Waals surface area contributed by atoms with Crippen molar-refractivity contribution in [3.63, 3.8) is 0 Å². The zero-order valence-corrected chi connectivity index (χ0v) is 10.6. The SMILES string of the molecule is N#Cc1ccc(-c2csc(C3CCOC3)n2)cc1. The van der Waals surface area contributed by atoms with E-state index in [4.69, 9.17) is 10.00 Å². The predicted molar refractivity (Wildman–Crippen MR) is 70.4 cm³/mol. The average molecular weight is 256 g/mol. The molecule has 1 atom stereocenters. The molecule has 0 amide bonds. The highest BCUT2D eigenvalue weighted by molar-refractivity contribution is 7.10. The maximum atomic E-state index is 8.77. The summed E-state index contributed by atoms with van der Waals surface area (Å²) < 4.78 is 5.39. The highest BCUT2D eigenvalue weighted by Gasteiger charge is 2.21. The summed E-state index contributed by atoms with van der Waals surface area (Å²) >= 11 is 1.70. The van der Waals surface area contributed by atoms with Gasteiger partial charge in [-0.3, -0.25) is 0 Å². The number of ether oxygens (including phenoxy) is 1. The number of nitrogens with zero attached hydrogens (tertiary/aromatic N) is 2. The van der Waals surface area contributed by atoms with Gasteiger partial charge >= 0.3 is 0 Å². The first kappa shape index (κ1) is 11.4. The molecular formula is C14H12N2OS. The Kier molecular flexibility index (Phi) is 3.09. The summed E-state index contributed by atoms with van der Waals surface area (Å²) in [6.07, 6.45) is 1.07. The molecule has 1 fully saturated rings. The lowest BCUT2D eigenvalue weighted by molar-refractivity contribution is 0.194. The molecule has 0 saturated carbocycles. The Morgan fingerprint density at radius 3 is 2.83 bits per heavy atom. The first-order valence-electron chi connectivity index (χ1n) is 5.90. The molecule has 90 valence electrons. The second kappa shape index (κ2) is 4.89. The van der Waals surface area contributed by atoms with E-state index in [1.165, 1.54) is 0 Å². The number of benzene rings is 1. The summed E-state index contributed by atoms with van der Waals surface area (Å²) in [5.74, 6) is 0.460. The third-order valence-electron chi connectivity index (χ3n) is 3.11. The minimum Gasteiger partial charge on any atom is -0.381 e. The standard InChI is InChI=1S/C14H12N2OS/c15-7-10-1-3-11(4-2-10)13-9-18-14(16-13)12-5-6-17-8-12/h1-4,9,12H,5-6,8H2. The lowest BCUT2D eigenvalue weighted by Crippen LogP contribution is -1.96.